The number of aromatic nitrogens is 4. The molecule has 96 valence electrons. The number of fused-ring (bicyclic) bond motifs is 1. The molecule has 2 atom stereocenters. The molecule has 1 aliphatic carbocycles. The van der Waals surface area contributed by atoms with Crippen LogP contribution in [0.2, 0.25) is 0 Å². The van der Waals surface area contributed by atoms with E-state index in [1.807, 2.05) is 13.8 Å². The van der Waals surface area contributed by atoms with Gasteiger partial charge in [0.2, 0.25) is 5.95 Å². The number of H-pyrrole nitrogens is 1. The molecule has 0 amide bonds. The maximum Gasteiger partial charge on any atom is 0.224 e. The number of nitrogens with one attached hydrogen (secondary N) is 2. The van der Waals surface area contributed by atoms with E-state index < -0.39 is 0 Å². The van der Waals surface area contributed by atoms with E-state index in [9.17, 15) is 5.11 Å². The molecule has 1 aliphatic rings. The van der Waals surface area contributed by atoms with Gasteiger partial charge in [0.1, 0.15) is 5.52 Å². The number of hydrogen-bond donors (Lipinski definition) is 4. The van der Waals surface area contributed by atoms with E-state index in [1.165, 1.54) is 0 Å². The molecule has 7 nitrogen and oxygen atoms in total. The summed E-state index contributed by atoms with van der Waals surface area (Å²) in [6.45, 7) is 4.04. The zero-order chi connectivity index (χ0) is 12.9. The highest BCUT2D eigenvalue weighted by Gasteiger charge is 2.47. The number of aromatic amines is 1. The van der Waals surface area contributed by atoms with Crippen LogP contribution in [0.5, 0.6) is 0 Å². The van der Waals surface area contributed by atoms with E-state index in [0.717, 1.165) is 5.52 Å². The first-order chi connectivity index (χ1) is 8.48. The molecule has 2 aromatic rings. The second-order valence-electron chi connectivity index (χ2n) is 5.30. The molecule has 18 heavy (non-hydrogen) atoms. The molecule has 0 bridgehead atoms. The molecule has 3 rings (SSSR count). The van der Waals surface area contributed by atoms with Crippen molar-refractivity contribution in [1.82, 2.24) is 19.9 Å². The third-order valence-corrected chi connectivity index (χ3v) is 3.83. The predicted octanol–water partition coefficient (Wildman–Crippen LogP) is 0.506. The quantitative estimate of drug-likeness (QED) is 0.616. The van der Waals surface area contributed by atoms with Crippen molar-refractivity contribution in [3.05, 3.63) is 6.33 Å². The first kappa shape index (κ1) is 11.2. The van der Waals surface area contributed by atoms with Gasteiger partial charge in [0, 0.05) is 11.5 Å². The summed E-state index contributed by atoms with van der Waals surface area (Å²) >= 11 is 0. The third kappa shape index (κ3) is 1.51. The highest BCUT2D eigenvalue weighted by Crippen LogP contribution is 2.42. The number of nitrogens with two attached hydrogens (primary N) is 1. The lowest BCUT2D eigenvalue weighted by atomic mass is 9.64. The van der Waals surface area contributed by atoms with Crippen molar-refractivity contribution >= 4 is 22.9 Å². The second kappa shape index (κ2) is 3.55. The fourth-order valence-electron chi connectivity index (χ4n) is 2.27. The van der Waals surface area contributed by atoms with Crippen molar-refractivity contribution in [2.45, 2.75) is 32.4 Å². The Balaban J connectivity index is 1.93. The van der Waals surface area contributed by atoms with Crippen LogP contribution in [0.1, 0.15) is 20.3 Å². The van der Waals surface area contributed by atoms with Crippen molar-refractivity contribution in [2.75, 3.05) is 11.1 Å². The Morgan fingerprint density at radius 3 is 2.94 bits per heavy atom. The standard InChI is InChI=1S/C11H16N6O/c1-11(2)5(3-6(11)18)15-9-7-8(14-4-13-7)16-10(12)17-9/h4-6,18H,3H2,1-2H3,(H4,12,13,14,15,16,17). The Bertz CT molecular complexity index is 592. The van der Waals surface area contributed by atoms with Crippen LogP contribution in [0.3, 0.4) is 0 Å². The summed E-state index contributed by atoms with van der Waals surface area (Å²) in [7, 11) is 0. The van der Waals surface area contributed by atoms with Crippen molar-refractivity contribution in [3.8, 4) is 0 Å². The Morgan fingerprint density at radius 2 is 2.28 bits per heavy atom. The summed E-state index contributed by atoms with van der Waals surface area (Å²) in [6.07, 6.45) is 1.98. The van der Waals surface area contributed by atoms with Gasteiger partial charge in [0.05, 0.1) is 12.4 Å². The highest BCUT2D eigenvalue weighted by molar-refractivity contribution is 5.83. The number of nitrogens with zero attached hydrogens (tertiary/aromatic N) is 3. The van der Waals surface area contributed by atoms with E-state index in [-0.39, 0.29) is 23.5 Å². The molecule has 0 aromatic carbocycles. The van der Waals surface area contributed by atoms with Gasteiger partial charge >= 0.3 is 0 Å². The molecule has 2 heterocycles. The smallest absolute Gasteiger partial charge is 0.224 e. The molecule has 0 spiro atoms. The number of imidazole rings is 1. The molecular weight excluding hydrogens is 232 g/mol. The predicted molar refractivity (Wildman–Crippen MR) is 67.9 cm³/mol. The molecule has 5 N–H and O–H groups in total. The number of nitrogen functional groups attached to an aromatic ring is 1. The number of anilines is 2. The average molecular weight is 248 g/mol. The zero-order valence-corrected chi connectivity index (χ0v) is 10.3. The second-order valence-corrected chi connectivity index (χ2v) is 5.30. The normalized spacial score (nSPS) is 25.9. The Kier molecular flexibility index (Phi) is 2.21. The fraction of sp³-hybridized carbons (Fsp3) is 0.545. The van der Waals surface area contributed by atoms with Gasteiger partial charge in [0.15, 0.2) is 11.5 Å². The minimum absolute atomic E-state index is 0.160. The molecule has 2 aromatic heterocycles. The molecular formula is C11H16N6O. The number of aliphatic hydroxyl groups is 1. The number of aliphatic hydroxyl groups excluding tert-OH is 1. The van der Waals surface area contributed by atoms with Crippen LogP contribution in [0, 0.1) is 5.41 Å². The Labute approximate surface area is 104 Å². The van der Waals surface area contributed by atoms with Gasteiger partial charge in [-0.2, -0.15) is 9.97 Å². The summed E-state index contributed by atoms with van der Waals surface area (Å²) in [5.74, 6) is 0.828. The lowest BCUT2D eigenvalue weighted by Crippen LogP contribution is -2.57. The van der Waals surface area contributed by atoms with E-state index in [0.29, 0.717) is 17.9 Å². The SMILES string of the molecule is CC1(C)C(O)CC1Nc1nc(N)nc2nc[nH]c12. The van der Waals surface area contributed by atoms with Crippen LogP contribution in [-0.2, 0) is 0 Å². The van der Waals surface area contributed by atoms with E-state index in [4.69, 9.17) is 5.73 Å². The summed E-state index contributed by atoms with van der Waals surface area (Å²) in [6, 6.07) is 0.160. The zero-order valence-electron chi connectivity index (χ0n) is 10.3. The monoisotopic (exact) mass is 248 g/mol. The third-order valence-electron chi connectivity index (χ3n) is 3.83. The Morgan fingerprint density at radius 1 is 1.50 bits per heavy atom. The van der Waals surface area contributed by atoms with Crippen LogP contribution < -0.4 is 11.1 Å². The van der Waals surface area contributed by atoms with Crippen LogP contribution in [0.4, 0.5) is 11.8 Å². The maximum absolute atomic E-state index is 9.73. The largest absolute Gasteiger partial charge is 0.392 e. The number of hydrogen-bond acceptors (Lipinski definition) is 6. The molecule has 0 aliphatic heterocycles. The topological polar surface area (TPSA) is 113 Å². The van der Waals surface area contributed by atoms with Crippen molar-refractivity contribution < 1.29 is 5.11 Å². The molecule has 7 heteroatoms. The van der Waals surface area contributed by atoms with E-state index >= 15 is 0 Å². The van der Waals surface area contributed by atoms with Gasteiger partial charge in [0.25, 0.3) is 0 Å². The van der Waals surface area contributed by atoms with E-state index in [2.05, 4.69) is 25.3 Å². The lowest BCUT2D eigenvalue weighted by Gasteiger charge is -2.49. The van der Waals surface area contributed by atoms with Gasteiger partial charge in [-0.15, -0.1) is 0 Å². The van der Waals surface area contributed by atoms with Crippen LogP contribution in [0.25, 0.3) is 11.2 Å². The highest BCUT2D eigenvalue weighted by atomic mass is 16.3. The van der Waals surface area contributed by atoms with Crippen molar-refractivity contribution in [3.63, 3.8) is 0 Å². The minimum Gasteiger partial charge on any atom is -0.392 e. The first-order valence-corrected chi connectivity index (χ1v) is 5.89. The maximum atomic E-state index is 9.73. The summed E-state index contributed by atoms with van der Waals surface area (Å²) in [5, 5.41) is 13.0. The Hall–Kier alpha value is -1.89. The van der Waals surface area contributed by atoms with Crippen LogP contribution >= 0.6 is 0 Å². The van der Waals surface area contributed by atoms with Gasteiger partial charge in [-0.1, -0.05) is 13.8 Å². The summed E-state index contributed by atoms with van der Waals surface area (Å²) < 4.78 is 0. The van der Waals surface area contributed by atoms with Gasteiger partial charge in [-0.3, -0.25) is 0 Å². The van der Waals surface area contributed by atoms with Crippen LogP contribution in [0.15, 0.2) is 6.33 Å². The first-order valence-electron chi connectivity index (χ1n) is 5.89. The van der Waals surface area contributed by atoms with Gasteiger partial charge in [-0.05, 0) is 6.42 Å². The van der Waals surface area contributed by atoms with E-state index in [1.54, 1.807) is 6.33 Å². The fourth-order valence-corrected chi connectivity index (χ4v) is 2.27. The molecule has 1 fully saturated rings. The van der Waals surface area contributed by atoms with Crippen molar-refractivity contribution in [2.24, 2.45) is 5.41 Å². The number of rotatable bonds is 2. The summed E-state index contributed by atoms with van der Waals surface area (Å²) in [5.41, 5.74) is 6.76. The molecule has 2 unspecified atom stereocenters. The van der Waals surface area contributed by atoms with Gasteiger partial charge in [-0.25, -0.2) is 4.98 Å². The lowest BCUT2D eigenvalue weighted by molar-refractivity contribution is -0.0511. The molecule has 0 saturated heterocycles. The summed E-state index contributed by atoms with van der Waals surface area (Å²) in [4.78, 5) is 15.3. The molecule has 1 saturated carbocycles. The average Bonchev–Trinajstić information content (AvgIpc) is 2.76. The van der Waals surface area contributed by atoms with Gasteiger partial charge < -0.3 is 21.1 Å². The van der Waals surface area contributed by atoms with Crippen molar-refractivity contribution in [1.29, 1.82) is 0 Å². The minimum atomic E-state index is -0.286. The molecule has 0 radical (unpaired) electrons. The van der Waals surface area contributed by atoms with Crippen LogP contribution in [-0.4, -0.2) is 37.2 Å².